The van der Waals surface area contributed by atoms with Gasteiger partial charge in [-0.25, -0.2) is 4.98 Å². The molecule has 6 nitrogen and oxygen atoms in total. The number of carbonyl (C=O) groups excluding carboxylic acids is 2. The first kappa shape index (κ1) is 21.3. The van der Waals surface area contributed by atoms with Gasteiger partial charge in [-0.15, -0.1) is 11.3 Å². The summed E-state index contributed by atoms with van der Waals surface area (Å²) in [6, 6.07) is 8.05. The second-order valence-corrected chi connectivity index (χ2v) is 9.08. The van der Waals surface area contributed by atoms with E-state index in [1.165, 1.54) is 17.8 Å². The average Bonchev–Trinajstić information content (AvgIpc) is 3.04. The van der Waals surface area contributed by atoms with Crippen molar-refractivity contribution in [2.75, 3.05) is 12.3 Å². The van der Waals surface area contributed by atoms with Gasteiger partial charge < -0.3 is 15.8 Å². The standard InChI is InChI=1S/C22H29N3O3S/c1-13-7-9-16(10-8-13)21-18(29-22(23)25-21)11-20(27)28-12-19(26)24-17-6-4-5-14(2)15(17)3/h7-10,14-15,17H,4-6,11-12H2,1-3H3,(H2,23,25)(H,24,26)/t14-,15+,17-/m1/s1. The molecule has 0 bridgehead atoms. The number of nitrogens with zero attached hydrogens (tertiary/aromatic N) is 1. The SMILES string of the molecule is Cc1ccc(-c2nc(N)sc2CC(=O)OCC(=O)N[C@@H]2CCC[C@@H](C)[C@@H]2C)cc1. The minimum Gasteiger partial charge on any atom is -0.455 e. The monoisotopic (exact) mass is 415 g/mol. The number of hydrogen-bond donors (Lipinski definition) is 2. The van der Waals surface area contributed by atoms with Crippen molar-refractivity contribution in [1.29, 1.82) is 0 Å². The van der Waals surface area contributed by atoms with E-state index in [-0.39, 0.29) is 25.0 Å². The lowest BCUT2D eigenvalue weighted by Gasteiger charge is -2.34. The molecule has 0 saturated heterocycles. The van der Waals surface area contributed by atoms with Crippen molar-refractivity contribution in [2.24, 2.45) is 11.8 Å². The Morgan fingerprint density at radius 1 is 1.24 bits per heavy atom. The zero-order valence-electron chi connectivity index (χ0n) is 17.2. The van der Waals surface area contributed by atoms with Crippen LogP contribution in [0.4, 0.5) is 5.13 Å². The highest BCUT2D eigenvalue weighted by atomic mass is 32.1. The van der Waals surface area contributed by atoms with Crippen molar-refractivity contribution in [3.05, 3.63) is 34.7 Å². The molecule has 1 saturated carbocycles. The van der Waals surface area contributed by atoms with Crippen LogP contribution in [0.2, 0.25) is 0 Å². The van der Waals surface area contributed by atoms with Crippen LogP contribution in [0.3, 0.4) is 0 Å². The highest BCUT2D eigenvalue weighted by molar-refractivity contribution is 7.15. The van der Waals surface area contributed by atoms with E-state index in [2.05, 4.69) is 24.1 Å². The van der Waals surface area contributed by atoms with Crippen LogP contribution in [0.15, 0.2) is 24.3 Å². The number of nitrogen functional groups attached to an aromatic ring is 1. The van der Waals surface area contributed by atoms with Gasteiger partial charge in [-0.3, -0.25) is 9.59 Å². The molecule has 3 atom stereocenters. The predicted molar refractivity (Wildman–Crippen MR) is 115 cm³/mol. The maximum Gasteiger partial charge on any atom is 0.311 e. The number of amides is 1. The van der Waals surface area contributed by atoms with Crippen LogP contribution < -0.4 is 11.1 Å². The minimum absolute atomic E-state index is 0.0439. The van der Waals surface area contributed by atoms with Gasteiger partial charge in [0.15, 0.2) is 11.7 Å². The highest BCUT2D eigenvalue weighted by Gasteiger charge is 2.28. The Kier molecular flexibility index (Phi) is 6.90. The number of ether oxygens (including phenoxy) is 1. The van der Waals surface area contributed by atoms with Gasteiger partial charge >= 0.3 is 5.97 Å². The third kappa shape index (κ3) is 5.56. The Morgan fingerprint density at radius 3 is 2.69 bits per heavy atom. The van der Waals surface area contributed by atoms with E-state index < -0.39 is 5.97 Å². The second kappa shape index (κ2) is 9.39. The molecule has 7 heteroatoms. The van der Waals surface area contributed by atoms with E-state index in [4.69, 9.17) is 10.5 Å². The fourth-order valence-corrected chi connectivity index (χ4v) is 4.63. The van der Waals surface area contributed by atoms with Crippen LogP contribution in [0.25, 0.3) is 11.3 Å². The number of hydrogen-bond acceptors (Lipinski definition) is 6. The molecule has 3 rings (SSSR count). The number of benzene rings is 1. The first-order valence-electron chi connectivity index (χ1n) is 10.1. The molecule has 0 spiro atoms. The molecule has 2 aromatic rings. The van der Waals surface area contributed by atoms with Crippen molar-refractivity contribution in [3.63, 3.8) is 0 Å². The minimum atomic E-state index is -0.456. The molecule has 0 radical (unpaired) electrons. The lowest BCUT2D eigenvalue weighted by atomic mass is 9.78. The van der Waals surface area contributed by atoms with Crippen molar-refractivity contribution in [1.82, 2.24) is 10.3 Å². The van der Waals surface area contributed by atoms with Crippen LogP contribution in [0.1, 0.15) is 43.6 Å². The highest BCUT2D eigenvalue weighted by Crippen LogP contribution is 2.31. The van der Waals surface area contributed by atoms with Gasteiger partial charge in [-0.05, 0) is 25.2 Å². The first-order valence-corrected chi connectivity index (χ1v) is 10.9. The summed E-state index contributed by atoms with van der Waals surface area (Å²) in [6.45, 7) is 6.14. The summed E-state index contributed by atoms with van der Waals surface area (Å²) in [5, 5.41) is 3.42. The van der Waals surface area contributed by atoms with Crippen LogP contribution in [0, 0.1) is 18.8 Å². The number of thiazole rings is 1. The molecule has 0 unspecified atom stereocenters. The largest absolute Gasteiger partial charge is 0.455 e. The Bertz CT molecular complexity index is 863. The average molecular weight is 416 g/mol. The molecule has 29 heavy (non-hydrogen) atoms. The molecule has 1 amide bonds. The maximum absolute atomic E-state index is 12.3. The van der Waals surface area contributed by atoms with Crippen LogP contribution in [0.5, 0.6) is 0 Å². The summed E-state index contributed by atoms with van der Waals surface area (Å²) in [5.41, 5.74) is 8.61. The Balaban J connectivity index is 1.55. The van der Waals surface area contributed by atoms with Gasteiger partial charge in [0.05, 0.1) is 12.1 Å². The van der Waals surface area contributed by atoms with E-state index in [9.17, 15) is 9.59 Å². The predicted octanol–water partition coefficient (Wildman–Crippen LogP) is 3.73. The van der Waals surface area contributed by atoms with Crippen LogP contribution in [-0.4, -0.2) is 29.5 Å². The number of esters is 1. The lowest BCUT2D eigenvalue weighted by molar-refractivity contribution is -0.148. The second-order valence-electron chi connectivity index (χ2n) is 7.97. The number of rotatable bonds is 6. The zero-order chi connectivity index (χ0) is 21.0. The van der Waals surface area contributed by atoms with E-state index in [1.54, 1.807) is 0 Å². The Labute approximate surface area is 175 Å². The topological polar surface area (TPSA) is 94.3 Å². The summed E-state index contributed by atoms with van der Waals surface area (Å²) in [4.78, 5) is 29.6. The molecule has 3 N–H and O–H groups in total. The molecule has 156 valence electrons. The smallest absolute Gasteiger partial charge is 0.311 e. The van der Waals surface area contributed by atoms with Crippen molar-refractivity contribution in [3.8, 4) is 11.3 Å². The van der Waals surface area contributed by atoms with E-state index in [0.29, 0.717) is 22.7 Å². The van der Waals surface area contributed by atoms with E-state index in [0.717, 1.165) is 28.8 Å². The van der Waals surface area contributed by atoms with Gasteiger partial charge in [-0.1, -0.05) is 56.5 Å². The van der Waals surface area contributed by atoms with Crippen LogP contribution >= 0.6 is 11.3 Å². The third-order valence-electron chi connectivity index (χ3n) is 5.76. The summed E-state index contributed by atoms with van der Waals surface area (Å²) in [5.74, 6) is 0.323. The summed E-state index contributed by atoms with van der Waals surface area (Å²) < 4.78 is 5.22. The first-order chi connectivity index (χ1) is 13.8. The number of aryl methyl sites for hydroxylation is 1. The van der Waals surface area contributed by atoms with Crippen LogP contribution in [-0.2, 0) is 20.7 Å². The molecule has 1 aliphatic rings. The number of anilines is 1. The molecule has 1 aliphatic carbocycles. The van der Waals surface area contributed by atoms with Gasteiger partial charge in [0.1, 0.15) is 0 Å². The molecule has 1 heterocycles. The number of nitrogens with one attached hydrogen (secondary N) is 1. The van der Waals surface area contributed by atoms with Gasteiger partial charge in [0.2, 0.25) is 0 Å². The van der Waals surface area contributed by atoms with Gasteiger partial charge in [-0.2, -0.15) is 0 Å². The molecular formula is C22H29N3O3S. The number of nitrogens with two attached hydrogens (primary N) is 1. The fraction of sp³-hybridized carbons (Fsp3) is 0.500. The zero-order valence-corrected chi connectivity index (χ0v) is 18.1. The maximum atomic E-state index is 12.3. The molecule has 1 aromatic carbocycles. The number of carbonyl (C=O) groups is 2. The van der Waals surface area contributed by atoms with Crippen molar-refractivity contribution < 1.29 is 14.3 Å². The quantitative estimate of drug-likeness (QED) is 0.701. The summed E-state index contributed by atoms with van der Waals surface area (Å²) >= 11 is 1.27. The van der Waals surface area contributed by atoms with Crippen molar-refractivity contribution in [2.45, 2.75) is 52.5 Å². The van der Waals surface area contributed by atoms with Gasteiger partial charge in [0, 0.05) is 16.5 Å². The molecular weight excluding hydrogens is 386 g/mol. The summed E-state index contributed by atoms with van der Waals surface area (Å²) in [6.07, 6.45) is 3.34. The molecule has 0 aliphatic heterocycles. The van der Waals surface area contributed by atoms with E-state index >= 15 is 0 Å². The normalized spacial score (nSPS) is 21.6. The lowest BCUT2D eigenvalue weighted by Crippen LogP contribution is -2.45. The van der Waals surface area contributed by atoms with E-state index in [1.807, 2.05) is 31.2 Å². The third-order valence-corrected chi connectivity index (χ3v) is 6.65. The molecule has 1 fully saturated rings. The number of aromatic nitrogens is 1. The van der Waals surface area contributed by atoms with Gasteiger partial charge in [0.25, 0.3) is 5.91 Å². The molecule has 1 aromatic heterocycles. The Hall–Kier alpha value is -2.41. The summed E-state index contributed by atoms with van der Waals surface area (Å²) in [7, 11) is 0. The Morgan fingerprint density at radius 2 is 1.97 bits per heavy atom. The van der Waals surface area contributed by atoms with Crippen molar-refractivity contribution >= 4 is 28.3 Å². The fourth-order valence-electron chi connectivity index (χ4n) is 3.79.